The third-order valence-corrected chi connectivity index (χ3v) is 4.91. The number of nitro groups is 4. The number of nitrogens with zero attached hydrogens (tertiary/aromatic N) is 4. The lowest BCUT2D eigenvalue weighted by atomic mass is 10.3. The molecule has 0 aromatic heterocycles. The molecule has 2 aromatic carbocycles. The average molecular weight is 588 g/mol. The Morgan fingerprint density at radius 3 is 0.885 bits per heavy atom. The lowest BCUT2D eigenvalue weighted by Crippen LogP contribution is -1.96. The van der Waals surface area contributed by atoms with Gasteiger partial charge < -0.3 is 0 Å². The SMILES string of the molecule is O=[N+]([O-])c1cccc([N+](=O)[O-])c1I.O=[N+]([O-])c1cccc([N+](=O)[O-])c1I. The summed E-state index contributed by atoms with van der Waals surface area (Å²) in [5, 5.41) is 41.5. The Labute approximate surface area is 171 Å². The second-order valence-electron chi connectivity index (χ2n) is 4.25. The Hall–Kier alpha value is -2.50. The molecule has 0 amide bonds. The van der Waals surface area contributed by atoms with E-state index >= 15 is 0 Å². The Balaban J connectivity index is 0.000000260. The zero-order valence-electron chi connectivity index (χ0n) is 12.3. The number of rotatable bonds is 4. The Morgan fingerprint density at radius 1 is 0.538 bits per heavy atom. The van der Waals surface area contributed by atoms with E-state index in [0.717, 1.165) is 0 Å². The first kappa shape index (κ1) is 21.5. The molecule has 0 atom stereocenters. The van der Waals surface area contributed by atoms with Crippen LogP contribution in [0.3, 0.4) is 0 Å². The highest BCUT2D eigenvalue weighted by molar-refractivity contribution is 14.1. The predicted molar refractivity (Wildman–Crippen MR) is 105 cm³/mol. The Kier molecular flexibility index (Phi) is 7.68. The Bertz CT molecular complexity index is 767. The van der Waals surface area contributed by atoms with E-state index in [0.29, 0.717) is 0 Å². The van der Waals surface area contributed by atoms with Crippen LogP contribution in [0.4, 0.5) is 22.7 Å². The van der Waals surface area contributed by atoms with Gasteiger partial charge in [0.2, 0.25) is 0 Å². The molecular weight excluding hydrogens is 582 g/mol. The molecule has 136 valence electrons. The van der Waals surface area contributed by atoms with E-state index in [1.54, 1.807) is 45.2 Å². The fourth-order valence-electron chi connectivity index (χ4n) is 1.58. The molecule has 0 saturated heterocycles. The number of halogens is 2. The van der Waals surface area contributed by atoms with Gasteiger partial charge in [0.1, 0.15) is 0 Å². The molecule has 0 unspecified atom stereocenters. The molecule has 14 heteroatoms. The first-order valence-electron chi connectivity index (χ1n) is 6.22. The summed E-state index contributed by atoms with van der Waals surface area (Å²) in [5.41, 5.74) is -0.964. The first-order valence-corrected chi connectivity index (χ1v) is 8.38. The smallest absolute Gasteiger partial charge is 0.258 e. The second-order valence-corrected chi connectivity index (χ2v) is 6.41. The molecule has 0 radical (unpaired) electrons. The Morgan fingerprint density at radius 2 is 0.731 bits per heavy atom. The van der Waals surface area contributed by atoms with Crippen molar-refractivity contribution in [2.75, 3.05) is 0 Å². The lowest BCUT2D eigenvalue weighted by Gasteiger charge is -1.95. The van der Waals surface area contributed by atoms with E-state index in [9.17, 15) is 40.5 Å². The molecule has 0 bridgehead atoms. The zero-order chi connectivity index (χ0) is 20.0. The summed E-state index contributed by atoms with van der Waals surface area (Å²) in [6, 6.07) is 7.50. The second kappa shape index (κ2) is 9.27. The van der Waals surface area contributed by atoms with Crippen molar-refractivity contribution in [2.24, 2.45) is 0 Å². The summed E-state index contributed by atoms with van der Waals surface area (Å²) in [5.74, 6) is 0. The van der Waals surface area contributed by atoms with Crippen LogP contribution in [0.1, 0.15) is 0 Å². The molecule has 2 rings (SSSR count). The van der Waals surface area contributed by atoms with E-state index < -0.39 is 19.7 Å². The van der Waals surface area contributed by atoms with Crippen LogP contribution < -0.4 is 0 Å². The van der Waals surface area contributed by atoms with E-state index in [4.69, 9.17) is 0 Å². The largest absolute Gasteiger partial charge is 0.289 e. The fourth-order valence-corrected chi connectivity index (χ4v) is 3.09. The standard InChI is InChI=1S/2C6H3IN2O4/c2*7-6-4(8(10)11)2-1-3-5(6)9(12)13/h2*1-3H. The van der Waals surface area contributed by atoms with Gasteiger partial charge in [0.25, 0.3) is 22.7 Å². The summed E-state index contributed by atoms with van der Waals surface area (Å²) in [7, 11) is 0. The van der Waals surface area contributed by atoms with Crippen molar-refractivity contribution in [1.82, 2.24) is 0 Å². The van der Waals surface area contributed by atoms with Gasteiger partial charge in [0.05, 0.1) is 19.7 Å². The zero-order valence-corrected chi connectivity index (χ0v) is 16.6. The van der Waals surface area contributed by atoms with Gasteiger partial charge in [-0.15, -0.1) is 0 Å². The van der Waals surface area contributed by atoms with Crippen molar-refractivity contribution in [1.29, 1.82) is 0 Å². The minimum Gasteiger partial charge on any atom is -0.258 e. The number of hydrogen-bond donors (Lipinski definition) is 0. The van der Waals surface area contributed by atoms with Crippen molar-refractivity contribution in [2.45, 2.75) is 0 Å². The van der Waals surface area contributed by atoms with Gasteiger partial charge in [-0.1, -0.05) is 0 Å². The van der Waals surface area contributed by atoms with Crippen LogP contribution in [-0.2, 0) is 0 Å². The molecule has 0 heterocycles. The van der Waals surface area contributed by atoms with Crippen LogP contribution in [0.5, 0.6) is 0 Å². The number of benzene rings is 2. The molecule has 0 N–H and O–H groups in total. The van der Waals surface area contributed by atoms with Crippen LogP contribution >= 0.6 is 45.2 Å². The molecule has 26 heavy (non-hydrogen) atoms. The van der Waals surface area contributed by atoms with Crippen molar-refractivity contribution in [3.63, 3.8) is 0 Å². The normalized spacial score (nSPS) is 9.62. The highest BCUT2D eigenvalue weighted by atomic mass is 127. The van der Waals surface area contributed by atoms with Gasteiger partial charge in [0, 0.05) is 24.3 Å². The number of hydrogen-bond acceptors (Lipinski definition) is 8. The average Bonchev–Trinajstić information content (AvgIpc) is 2.54. The third kappa shape index (κ3) is 5.25. The van der Waals surface area contributed by atoms with Gasteiger partial charge in [-0.2, -0.15) is 0 Å². The third-order valence-electron chi connectivity index (χ3n) is 2.70. The summed E-state index contributed by atoms with van der Waals surface area (Å²) in [4.78, 5) is 38.9. The van der Waals surface area contributed by atoms with Crippen LogP contribution in [0.2, 0.25) is 0 Å². The van der Waals surface area contributed by atoms with Crippen molar-refractivity contribution >= 4 is 67.9 Å². The summed E-state index contributed by atoms with van der Waals surface area (Å²) in [6.45, 7) is 0. The highest BCUT2D eigenvalue weighted by Crippen LogP contribution is 2.29. The summed E-state index contributed by atoms with van der Waals surface area (Å²) < 4.78 is 0.102. The molecule has 0 fully saturated rings. The maximum Gasteiger partial charge on any atom is 0.289 e. The van der Waals surface area contributed by atoms with E-state index in [-0.39, 0.29) is 29.9 Å². The van der Waals surface area contributed by atoms with Crippen LogP contribution in [0, 0.1) is 47.6 Å². The predicted octanol–water partition coefficient (Wildman–Crippen LogP) is 4.22. The topological polar surface area (TPSA) is 173 Å². The monoisotopic (exact) mass is 588 g/mol. The molecular formula is C12H6I2N4O8. The lowest BCUT2D eigenvalue weighted by molar-refractivity contribution is -0.396. The maximum atomic E-state index is 10.4. The van der Waals surface area contributed by atoms with Gasteiger partial charge in [0.15, 0.2) is 7.14 Å². The van der Waals surface area contributed by atoms with Crippen LogP contribution in [0.15, 0.2) is 36.4 Å². The molecule has 0 saturated carbocycles. The number of nitro benzene ring substituents is 4. The van der Waals surface area contributed by atoms with Gasteiger partial charge >= 0.3 is 0 Å². The molecule has 0 aliphatic carbocycles. The van der Waals surface area contributed by atoms with E-state index in [2.05, 4.69) is 0 Å². The van der Waals surface area contributed by atoms with Gasteiger partial charge in [-0.3, -0.25) is 40.5 Å². The van der Waals surface area contributed by atoms with Crippen molar-refractivity contribution in [3.05, 3.63) is 84.0 Å². The minimum atomic E-state index is -0.644. The van der Waals surface area contributed by atoms with Crippen LogP contribution in [-0.4, -0.2) is 19.7 Å². The molecule has 0 aliphatic rings. The van der Waals surface area contributed by atoms with Crippen molar-refractivity contribution in [3.8, 4) is 0 Å². The molecule has 0 spiro atoms. The minimum absolute atomic E-state index is 0.0510. The summed E-state index contributed by atoms with van der Waals surface area (Å²) in [6.07, 6.45) is 0. The molecule has 2 aromatic rings. The quantitative estimate of drug-likeness (QED) is 0.290. The molecule has 12 nitrogen and oxygen atoms in total. The van der Waals surface area contributed by atoms with Crippen LogP contribution in [0.25, 0.3) is 0 Å². The fraction of sp³-hybridized carbons (Fsp3) is 0. The summed E-state index contributed by atoms with van der Waals surface area (Å²) >= 11 is 3.18. The maximum absolute atomic E-state index is 10.4. The first-order chi connectivity index (χ1) is 12.1. The highest BCUT2D eigenvalue weighted by Gasteiger charge is 2.22. The van der Waals surface area contributed by atoms with E-state index in [1.165, 1.54) is 36.4 Å². The van der Waals surface area contributed by atoms with E-state index in [1.807, 2.05) is 0 Å². The molecule has 0 aliphatic heterocycles. The van der Waals surface area contributed by atoms with Gasteiger partial charge in [-0.05, 0) is 57.3 Å². The van der Waals surface area contributed by atoms with Gasteiger partial charge in [-0.25, -0.2) is 0 Å². The van der Waals surface area contributed by atoms with Crippen molar-refractivity contribution < 1.29 is 19.7 Å².